The summed E-state index contributed by atoms with van der Waals surface area (Å²) in [6, 6.07) is 12.5. The van der Waals surface area contributed by atoms with Crippen LogP contribution in [0.3, 0.4) is 0 Å². The van der Waals surface area contributed by atoms with E-state index in [1.54, 1.807) is 6.07 Å². The Bertz CT molecular complexity index is 1160. The zero-order valence-corrected chi connectivity index (χ0v) is 23.5. The third-order valence-electron chi connectivity index (χ3n) is 7.44. The molecule has 214 valence electrons. The monoisotopic (exact) mass is 547 g/mol. The Hall–Kier alpha value is -3.81. The molecule has 0 aromatic heterocycles. The van der Waals surface area contributed by atoms with E-state index in [0.717, 1.165) is 49.4 Å². The molecule has 3 amide bonds. The van der Waals surface area contributed by atoms with E-state index in [1.807, 2.05) is 36.4 Å². The molecule has 0 radical (unpaired) electrons. The first-order valence-corrected chi connectivity index (χ1v) is 14.4. The maximum atomic E-state index is 12.9. The second-order valence-electron chi connectivity index (χ2n) is 10.4. The van der Waals surface area contributed by atoms with Gasteiger partial charge in [0, 0.05) is 44.1 Å². The topological polar surface area (TPSA) is 113 Å². The molecule has 8 heteroatoms. The van der Waals surface area contributed by atoms with Crippen molar-refractivity contribution >= 4 is 30.3 Å². The van der Waals surface area contributed by atoms with Crippen molar-refractivity contribution in [3.05, 3.63) is 70.3 Å². The molecule has 1 heterocycles. The zero-order valence-electron chi connectivity index (χ0n) is 23.5. The highest BCUT2D eigenvalue weighted by molar-refractivity contribution is 6.01. The summed E-state index contributed by atoms with van der Waals surface area (Å²) in [5, 5.41) is 5.53. The fraction of sp³-hybridized carbons (Fsp3) is 0.469. The van der Waals surface area contributed by atoms with E-state index < -0.39 is 6.04 Å². The number of nitrogens with one attached hydrogen (secondary N) is 2. The number of rotatable bonds is 18. The molecule has 1 aliphatic rings. The maximum absolute atomic E-state index is 12.9. The van der Waals surface area contributed by atoms with Crippen LogP contribution in [0.5, 0.6) is 0 Å². The number of hydrogen-bond donors (Lipinski definition) is 2. The van der Waals surface area contributed by atoms with Crippen LogP contribution in [0.15, 0.2) is 42.5 Å². The van der Waals surface area contributed by atoms with E-state index in [4.69, 9.17) is 0 Å². The summed E-state index contributed by atoms with van der Waals surface area (Å²) in [4.78, 5) is 60.7. The standard InChI is InChI=1S/C32H41N3O5/c1-33-31(39)29(12-10-20-37)35-23-27-21-25(15-18-28(27)32(35)40)22-34-30(38)26-16-13-24(14-17-26)11-8-6-4-2-3-5-7-9-19-36/h13-21,29H,2-12,22-23H2,1H3,(H,33,39)(H,34,38). The highest BCUT2D eigenvalue weighted by Crippen LogP contribution is 2.27. The summed E-state index contributed by atoms with van der Waals surface area (Å²) in [5.74, 6) is -0.677. The van der Waals surface area contributed by atoms with E-state index in [2.05, 4.69) is 10.6 Å². The van der Waals surface area contributed by atoms with Gasteiger partial charge in [-0.1, -0.05) is 56.4 Å². The van der Waals surface area contributed by atoms with Gasteiger partial charge in [-0.3, -0.25) is 14.4 Å². The lowest BCUT2D eigenvalue weighted by Crippen LogP contribution is -2.46. The van der Waals surface area contributed by atoms with Crippen molar-refractivity contribution in [3.8, 4) is 0 Å². The van der Waals surface area contributed by atoms with Crippen molar-refractivity contribution in [1.29, 1.82) is 0 Å². The molecule has 2 N–H and O–H groups in total. The summed E-state index contributed by atoms with van der Waals surface area (Å²) < 4.78 is 0. The van der Waals surface area contributed by atoms with Crippen LogP contribution in [0.2, 0.25) is 0 Å². The lowest BCUT2D eigenvalue weighted by atomic mass is 10.0. The molecule has 0 saturated heterocycles. The SMILES string of the molecule is CNC(=O)C(CCC=O)N1Cc2cc(CNC(=O)c3ccc(CCCCCCCCCC=O)cc3)ccc2C1=O. The molecule has 0 fully saturated rings. The van der Waals surface area contributed by atoms with Gasteiger partial charge in [-0.15, -0.1) is 0 Å². The molecule has 1 aliphatic heterocycles. The largest absolute Gasteiger partial charge is 0.357 e. The second-order valence-corrected chi connectivity index (χ2v) is 10.4. The van der Waals surface area contributed by atoms with Crippen LogP contribution in [-0.4, -0.2) is 48.3 Å². The number of fused-ring (bicyclic) bond motifs is 1. The third-order valence-corrected chi connectivity index (χ3v) is 7.44. The Labute approximate surface area is 236 Å². The fourth-order valence-electron chi connectivity index (χ4n) is 5.13. The van der Waals surface area contributed by atoms with E-state index in [-0.39, 0.29) is 37.1 Å². The van der Waals surface area contributed by atoms with Crippen LogP contribution in [-0.2, 0) is 33.9 Å². The predicted octanol–water partition coefficient (Wildman–Crippen LogP) is 4.53. The van der Waals surface area contributed by atoms with Crippen LogP contribution in [0.4, 0.5) is 0 Å². The van der Waals surface area contributed by atoms with Gasteiger partial charge in [0.15, 0.2) is 0 Å². The molecule has 2 aromatic rings. The third kappa shape index (κ3) is 8.86. The molecule has 0 aliphatic carbocycles. The fourth-order valence-corrected chi connectivity index (χ4v) is 5.13. The lowest BCUT2D eigenvalue weighted by Gasteiger charge is -2.25. The number of carbonyl (C=O) groups is 5. The Kier molecular flexibility index (Phi) is 12.5. The molecule has 1 atom stereocenters. The van der Waals surface area contributed by atoms with Gasteiger partial charge in [0.1, 0.15) is 18.6 Å². The summed E-state index contributed by atoms with van der Waals surface area (Å²) >= 11 is 0. The van der Waals surface area contributed by atoms with Crippen LogP contribution >= 0.6 is 0 Å². The van der Waals surface area contributed by atoms with Crippen molar-refractivity contribution in [2.24, 2.45) is 0 Å². The first kappa shape index (κ1) is 30.7. The van der Waals surface area contributed by atoms with Crippen molar-refractivity contribution < 1.29 is 24.0 Å². The number of carbonyl (C=O) groups excluding carboxylic acids is 5. The van der Waals surface area contributed by atoms with Gasteiger partial charge in [0.2, 0.25) is 5.91 Å². The van der Waals surface area contributed by atoms with Gasteiger partial charge in [0.05, 0.1) is 0 Å². The molecule has 2 aromatic carbocycles. The van der Waals surface area contributed by atoms with Gasteiger partial charge >= 0.3 is 0 Å². The highest BCUT2D eigenvalue weighted by Gasteiger charge is 2.35. The number of aldehydes is 2. The number of nitrogens with zero attached hydrogens (tertiary/aromatic N) is 1. The van der Waals surface area contributed by atoms with Gasteiger partial charge in [-0.25, -0.2) is 0 Å². The first-order chi connectivity index (χ1) is 19.5. The van der Waals surface area contributed by atoms with Crippen LogP contribution in [0, 0.1) is 0 Å². The van der Waals surface area contributed by atoms with Crippen LogP contribution < -0.4 is 10.6 Å². The first-order valence-electron chi connectivity index (χ1n) is 14.4. The number of amides is 3. The summed E-state index contributed by atoms with van der Waals surface area (Å²) in [6.07, 6.45) is 12.0. The minimum Gasteiger partial charge on any atom is -0.357 e. The van der Waals surface area contributed by atoms with Crippen LogP contribution in [0.25, 0.3) is 0 Å². The number of hydrogen-bond acceptors (Lipinski definition) is 5. The van der Waals surface area contributed by atoms with Crippen molar-refractivity contribution in [1.82, 2.24) is 15.5 Å². The molecule has 40 heavy (non-hydrogen) atoms. The predicted molar refractivity (Wildman–Crippen MR) is 154 cm³/mol. The minimum absolute atomic E-state index is 0.159. The van der Waals surface area contributed by atoms with Crippen molar-refractivity contribution in [2.45, 2.75) is 89.8 Å². The molecule has 1 unspecified atom stereocenters. The van der Waals surface area contributed by atoms with Crippen molar-refractivity contribution in [2.75, 3.05) is 7.05 Å². The average molecular weight is 548 g/mol. The van der Waals surface area contributed by atoms with Gasteiger partial charge in [0.25, 0.3) is 11.8 Å². The molecule has 8 nitrogen and oxygen atoms in total. The van der Waals surface area contributed by atoms with E-state index >= 15 is 0 Å². The Morgan fingerprint density at radius 1 is 0.875 bits per heavy atom. The summed E-state index contributed by atoms with van der Waals surface area (Å²) in [7, 11) is 1.52. The van der Waals surface area contributed by atoms with E-state index in [9.17, 15) is 24.0 Å². The number of benzene rings is 2. The van der Waals surface area contributed by atoms with Gasteiger partial charge in [-0.2, -0.15) is 0 Å². The molecule has 0 saturated carbocycles. The van der Waals surface area contributed by atoms with E-state index in [0.29, 0.717) is 24.1 Å². The average Bonchev–Trinajstić information content (AvgIpc) is 3.30. The summed E-state index contributed by atoms with van der Waals surface area (Å²) in [6.45, 7) is 0.608. The molecule has 0 bridgehead atoms. The minimum atomic E-state index is -0.703. The normalized spacial score (nSPS) is 13.0. The molecule has 0 spiro atoms. The molecular formula is C32H41N3O5. The molecule has 3 rings (SSSR count). The van der Waals surface area contributed by atoms with E-state index in [1.165, 1.54) is 43.2 Å². The Morgan fingerprint density at radius 2 is 1.52 bits per heavy atom. The maximum Gasteiger partial charge on any atom is 0.255 e. The Morgan fingerprint density at radius 3 is 2.20 bits per heavy atom. The van der Waals surface area contributed by atoms with Gasteiger partial charge < -0.3 is 25.1 Å². The summed E-state index contributed by atoms with van der Waals surface area (Å²) in [5.41, 5.74) is 4.04. The number of aryl methyl sites for hydroxylation is 1. The smallest absolute Gasteiger partial charge is 0.255 e. The number of likely N-dealkylation sites (N-methyl/N-ethyl adjacent to an activating group) is 1. The number of unbranched alkanes of at least 4 members (excludes halogenated alkanes) is 7. The zero-order chi connectivity index (χ0) is 28.7. The lowest BCUT2D eigenvalue weighted by molar-refractivity contribution is -0.125. The highest BCUT2D eigenvalue weighted by atomic mass is 16.2. The second kappa shape index (κ2) is 16.3. The quantitative estimate of drug-likeness (QED) is 0.210. The van der Waals surface area contributed by atoms with Crippen LogP contribution in [0.1, 0.15) is 102 Å². The van der Waals surface area contributed by atoms with Crippen molar-refractivity contribution in [3.63, 3.8) is 0 Å². The van der Waals surface area contributed by atoms with Gasteiger partial charge in [-0.05, 0) is 60.6 Å². The Balaban J connectivity index is 1.45. The molecular weight excluding hydrogens is 506 g/mol.